The Morgan fingerprint density at radius 1 is 1.33 bits per heavy atom. The molecule has 1 atom stereocenters. The predicted molar refractivity (Wildman–Crippen MR) is 84.4 cm³/mol. The molecular formula is C15H21N5O4. The van der Waals surface area contributed by atoms with E-state index in [0.29, 0.717) is 11.7 Å². The molecule has 0 saturated carbocycles. The summed E-state index contributed by atoms with van der Waals surface area (Å²) < 4.78 is 5.24. The third-order valence-corrected chi connectivity index (χ3v) is 4.22. The zero-order valence-corrected chi connectivity index (χ0v) is 13.3. The second-order valence-electron chi connectivity index (χ2n) is 5.90. The number of carbonyl (C=O) groups is 2. The minimum absolute atomic E-state index is 0.0744. The van der Waals surface area contributed by atoms with Gasteiger partial charge in [0.15, 0.2) is 0 Å². The van der Waals surface area contributed by atoms with Crippen LogP contribution in [-0.4, -0.2) is 70.2 Å². The fourth-order valence-corrected chi connectivity index (χ4v) is 3.04. The van der Waals surface area contributed by atoms with Gasteiger partial charge < -0.3 is 15.2 Å². The van der Waals surface area contributed by atoms with Crippen molar-refractivity contribution in [2.24, 2.45) is 0 Å². The number of aromatic nitrogens is 2. The van der Waals surface area contributed by atoms with E-state index < -0.39 is 0 Å². The molecule has 3 rings (SSSR count). The van der Waals surface area contributed by atoms with Crippen LogP contribution in [0.1, 0.15) is 19.3 Å². The Morgan fingerprint density at radius 2 is 2.12 bits per heavy atom. The Kier molecular flexibility index (Phi) is 5.21. The lowest BCUT2D eigenvalue weighted by molar-refractivity contribution is -0.126. The molecule has 0 aliphatic carbocycles. The van der Waals surface area contributed by atoms with E-state index in [-0.39, 0.29) is 43.5 Å². The van der Waals surface area contributed by atoms with Gasteiger partial charge in [-0.25, -0.2) is 0 Å². The van der Waals surface area contributed by atoms with Gasteiger partial charge in [-0.15, -0.1) is 0 Å². The Morgan fingerprint density at radius 3 is 2.79 bits per heavy atom. The molecule has 3 N–H and O–H groups in total. The number of amides is 2. The van der Waals surface area contributed by atoms with Crippen LogP contribution in [0.25, 0.3) is 0 Å². The summed E-state index contributed by atoms with van der Waals surface area (Å²) in [4.78, 5) is 33.5. The number of piperidine rings is 1. The number of rotatable bonds is 6. The Balaban J connectivity index is 1.50. The van der Waals surface area contributed by atoms with Gasteiger partial charge in [-0.1, -0.05) is 0 Å². The number of likely N-dealkylation sites (tertiary alicyclic amines) is 1. The molecule has 24 heavy (non-hydrogen) atoms. The monoisotopic (exact) mass is 335 g/mol. The summed E-state index contributed by atoms with van der Waals surface area (Å²) in [5, 5.41) is 14.4. The standard InChI is InChI=1S/C15H21N5O4/c21-5-6-24-14-9-16-8-12(18-14)17-10-1-3-20(4-2-10)11-7-13(22)19-15(11)23/h8-11,21H,1-7H2,(H,17,18)(H,19,22,23). The number of aliphatic hydroxyl groups excluding tert-OH is 1. The Hall–Kier alpha value is -2.26. The zero-order chi connectivity index (χ0) is 16.9. The molecule has 130 valence electrons. The number of imide groups is 1. The molecular weight excluding hydrogens is 314 g/mol. The van der Waals surface area contributed by atoms with Gasteiger partial charge in [-0.3, -0.25) is 24.8 Å². The summed E-state index contributed by atoms with van der Waals surface area (Å²) in [7, 11) is 0. The molecule has 2 aliphatic rings. The highest BCUT2D eigenvalue weighted by atomic mass is 16.5. The van der Waals surface area contributed by atoms with E-state index in [1.165, 1.54) is 6.20 Å². The smallest absolute Gasteiger partial charge is 0.244 e. The predicted octanol–water partition coefficient (Wildman–Crippen LogP) is -0.861. The minimum atomic E-state index is -0.326. The van der Waals surface area contributed by atoms with E-state index >= 15 is 0 Å². The maximum absolute atomic E-state index is 11.7. The fraction of sp³-hybridized carbons (Fsp3) is 0.600. The zero-order valence-electron chi connectivity index (χ0n) is 13.3. The number of ether oxygens (including phenoxy) is 1. The summed E-state index contributed by atoms with van der Waals surface area (Å²) >= 11 is 0. The van der Waals surface area contributed by atoms with Crippen LogP contribution >= 0.6 is 0 Å². The van der Waals surface area contributed by atoms with E-state index in [9.17, 15) is 9.59 Å². The van der Waals surface area contributed by atoms with Gasteiger partial charge in [0.1, 0.15) is 12.4 Å². The lowest BCUT2D eigenvalue weighted by atomic mass is 10.0. The molecule has 0 radical (unpaired) electrons. The molecule has 1 unspecified atom stereocenters. The van der Waals surface area contributed by atoms with Crippen molar-refractivity contribution in [3.05, 3.63) is 12.4 Å². The first kappa shape index (κ1) is 16.6. The number of aliphatic hydroxyl groups is 1. The quantitative estimate of drug-likeness (QED) is 0.575. The highest BCUT2D eigenvalue weighted by Crippen LogP contribution is 2.20. The lowest BCUT2D eigenvalue weighted by Crippen LogP contribution is -2.47. The molecule has 3 heterocycles. The summed E-state index contributed by atoms with van der Waals surface area (Å²) in [6.07, 6.45) is 5.08. The number of anilines is 1. The highest BCUT2D eigenvalue weighted by molar-refractivity contribution is 6.05. The van der Waals surface area contributed by atoms with Crippen molar-refractivity contribution in [1.82, 2.24) is 20.2 Å². The van der Waals surface area contributed by atoms with Gasteiger partial charge in [-0.05, 0) is 12.8 Å². The topological polar surface area (TPSA) is 117 Å². The fourth-order valence-electron chi connectivity index (χ4n) is 3.04. The van der Waals surface area contributed by atoms with E-state index in [0.717, 1.165) is 25.9 Å². The molecule has 2 amide bonds. The van der Waals surface area contributed by atoms with Crippen LogP contribution in [0.3, 0.4) is 0 Å². The lowest BCUT2D eigenvalue weighted by Gasteiger charge is -2.34. The second-order valence-corrected chi connectivity index (χ2v) is 5.90. The molecule has 9 heteroatoms. The maximum Gasteiger partial charge on any atom is 0.244 e. The first-order chi connectivity index (χ1) is 11.7. The van der Waals surface area contributed by atoms with Crippen molar-refractivity contribution in [3.63, 3.8) is 0 Å². The van der Waals surface area contributed by atoms with Crippen molar-refractivity contribution >= 4 is 17.6 Å². The normalized spacial score (nSPS) is 22.5. The molecule has 9 nitrogen and oxygen atoms in total. The van der Waals surface area contributed by atoms with Gasteiger partial charge >= 0.3 is 0 Å². The van der Waals surface area contributed by atoms with Crippen LogP contribution in [-0.2, 0) is 9.59 Å². The Labute approximate surface area is 139 Å². The average molecular weight is 335 g/mol. The molecule has 2 aliphatic heterocycles. The third-order valence-electron chi connectivity index (χ3n) is 4.22. The van der Waals surface area contributed by atoms with Crippen LogP contribution in [0, 0.1) is 0 Å². The summed E-state index contributed by atoms with van der Waals surface area (Å²) in [6.45, 7) is 1.60. The number of nitrogens with one attached hydrogen (secondary N) is 2. The van der Waals surface area contributed by atoms with E-state index in [2.05, 4.69) is 25.5 Å². The third kappa shape index (κ3) is 3.98. The van der Waals surface area contributed by atoms with Crippen molar-refractivity contribution in [3.8, 4) is 5.88 Å². The van der Waals surface area contributed by atoms with Crippen molar-refractivity contribution < 1.29 is 19.4 Å². The van der Waals surface area contributed by atoms with Crippen molar-refractivity contribution in [2.45, 2.75) is 31.3 Å². The van der Waals surface area contributed by atoms with Gasteiger partial charge in [0.2, 0.25) is 17.7 Å². The first-order valence-electron chi connectivity index (χ1n) is 8.05. The van der Waals surface area contributed by atoms with Crippen molar-refractivity contribution in [2.75, 3.05) is 31.6 Å². The average Bonchev–Trinajstić information content (AvgIpc) is 2.92. The molecule has 0 aromatic carbocycles. The molecule has 2 saturated heterocycles. The SMILES string of the molecule is O=C1CC(N2CCC(Nc3cncc(OCCO)n3)CC2)C(=O)N1. The maximum atomic E-state index is 11.7. The molecule has 1 aromatic rings. The van der Waals surface area contributed by atoms with Crippen LogP contribution < -0.4 is 15.4 Å². The number of carbonyl (C=O) groups excluding carboxylic acids is 2. The number of hydrogen-bond acceptors (Lipinski definition) is 8. The van der Waals surface area contributed by atoms with Crippen LogP contribution in [0.4, 0.5) is 5.82 Å². The molecule has 2 fully saturated rings. The summed E-state index contributed by atoms with van der Waals surface area (Å²) in [6, 6.07) is -0.0998. The number of hydrogen-bond donors (Lipinski definition) is 3. The van der Waals surface area contributed by atoms with Crippen LogP contribution in [0.15, 0.2) is 12.4 Å². The molecule has 1 aromatic heterocycles. The molecule has 0 bridgehead atoms. The van der Waals surface area contributed by atoms with Gasteiger partial charge in [-0.2, -0.15) is 4.98 Å². The van der Waals surface area contributed by atoms with E-state index in [4.69, 9.17) is 9.84 Å². The summed E-state index contributed by atoms with van der Waals surface area (Å²) in [5.41, 5.74) is 0. The van der Waals surface area contributed by atoms with E-state index in [1.807, 2.05) is 0 Å². The minimum Gasteiger partial charge on any atom is -0.474 e. The highest BCUT2D eigenvalue weighted by Gasteiger charge is 2.36. The van der Waals surface area contributed by atoms with Crippen molar-refractivity contribution in [1.29, 1.82) is 0 Å². The molecule has 0 spiro atoms. The van der Waals surface area contributed by atoms with Crippen LogP contribution in [0.5, 0.6) is 5.88 Å². The second kappa shape index (κ2) is 7.54. The van der Waals surface area contributed by atoms with Gasteiger partial charge in [0.25, 0.3) is 0 Å². The van der Waals surface area contributed by atoms with Gasteiger partial charge in [0.05, 0.1) is 31.5 Å². The van der Waals surface area contributed by atoms with E-state index in [1.54, 1.807) is 6.20 Å². The van der Waals surface area contributed by atoms with Crippen LogP contribution in [0.2, 0.25) is 0 Å². The largest absolute Gasteiger partial charge is 0.474 e. The number of nitrogens with zero attached hydrogens (tertiary/aromatic N) is 3. The van der Waals surface area contributed by atoms with Gasteiger partial charge in [0, 0.05) is 19.1 Å². The Bertz CT molecular complexity index is 603. The first-order valence-corrected chi connectivity index (χ1v) is 8.05. The summed E-state index contributed by atoms with van der Waals surface area (Å²) in [5.74, 6) is 0.608.